The molecule has 5 heterocycles. The number of nitrogen functional groups attached to an aromatic ring is 1. The van der Waals surface area contributed by atoms with Crippen molar-refractivity contribution < 1.29 is 33.6 Å². The van der Waals surface area contributed by atoms with Gasteiger partial charge in [-0.1, -0.05) is 0 Å². The lowest BCUT2D eigenvalue weighted by molar-refractivity contribution is -0.0514. The molecule has 1 saturated heterocycles. The van der Waals surface area contributed by atoms with E-state index in [0.29, 0.717) is 4.73 Å². The van der Waals surface area contributed by atoms with Crippen LogP contribution in [0.2, 0.25) is 0 Å². The van der Waals surface area contributed by atoms with E-state index in [0.717, 1.165) is 12.7 Å². The SMILES string of the molecule is Nc1nc2c(ncn2OP(=O)(O)OC[C@H]2O[C@@H](n3cnc4c(=O)[nH]cnc43)[C@H](O)[C@@H]2O)c(=O)[nH]1. The zero-order valence-electron chi connectivity index (χ0n) is 16.7. The van der Waals surface area contributed by atoms with Gasteiger partial charge >= 0.3 is 7.82 Å². The molecule has 1 unspecified atom stereocenters. The van der Waals surface area contributed by atoms with Gasteiger partial charge in [0.2, 0.25) is 11.6 Å². The molecule has 5 rings (SSSR count). The number of anilines is 1. The van der Waals surface area contributed by atoms with E-state index in [4.69, 9.17) is 19.6 Å². The minimum atomic E-state index is -4.86. The normalized spacial score (nSPS) is 24.6. The third-order valence-corrected chi connectivity index (χ3v) is 5.82. The quantitative estimate of drug-likeness (QED) is 0.145. The van der Waals surface area contributed by atoms with Crippen LogP contribution in [0.25, 0.3) is 22.3 Å². The van der Waals surface area contributed by atoms with Crippen molar-refractivity contribution in [1.29, 1.82) is 0 Å². The van der Waals surface area contributed by atoms with E-state index in [9.17, 15) is 29.3 Å². The van der Waals surface area contributed by atoms with Crippen LogP contribution in [0.4, 0.5) is 5.95 Å². The summed E-state index contributed by atoms with van der Waals surface area (Å²) in [5.74, 6) is -0.275. The van der Waals surface area contributed by atoms with Gasteiger partial charge in [-0.05, 0) is 0 Å². The molecule has 1 aliphatic rings. The molecule has 7 N–H and O–H groups in total. The topological polar surface area (TPSA) is 259 Å². The molecule has 18 nitrogen and oxygen atoms in total. The van der Waals surface area contributed by atoms with E-state index >= 15 is 0 Å². The van der Waals surface area contributed by atoms with Gasteiger partial charge in [-0.25, -0.2) is 19.5 Å². The number of fused-ring (bicyclic) bond motifs is 2. The number of nitrogens with zero attached hydrogens (tertiary/aromatic N) is 6. The maximum atomic E-state index is 12.4. The number of phosphoric ester groups is 1. The Labute approximate surface area is 186 Å². The molecule has 0 saturated carbocycles. The molecule has 0 bridgehead atoms. The Bertz CT molecular complexity index is 1540. The highest BCUT2D eigenvalue weighted by atomic mass is 31.2. The summed E-state index contributed by atoms with van der Waals surface area (Å²) in [6.45, 7) is -0.689. The Morgan fingerprint density at radius 2 is 1.85 bits per heavy atom. The summed E-state index contributed by atoms with van der Waals surface area (Å²) >= 11 is 0. The standard InChI is InChI=1S/C15H16N9O9P/c16-15-21-11-7(13(28)22-15)20-4-24(11)33-34(29,30)31-1-5-8(25)9(26)14(32-5)23-3-19-6-10(23)17-2-18-12(6)27/h2-5,8-9,14,25-26H,1H2,(H,29,30)(H,17,18,27)(H3,16,21,22,28)/t5-,8-,9-,14-/m1/s1. The summed E-state index contributed by atoms with van der Waals surface area (Å²) in [5, 5.41) is 20.8. The maximum Gasteiger partial charge on any atom is 0.546 e. The predicted molar refractivity (Wildman–Crippen MR) is 109 cm³/mol. The van der Waals surface area contributed by atoms with Crippen molar-refractivity contribution in [1.82, 2.24) is 39.2 Å². The number of rotatable bonds is 6. The number of aromatic nitrogens is 8. The van der Waals surface area contributed by atoms with Gasteiger partial charge in [-0.2, -0.15) is 4.98 Å². The summed E-state index contributed by atoms with van der Waals surface area (Å²) in [6, 6.07) is 0. The van der Waals surface area contributed by atoms with Crippen LogP contribution in [0, 0.1) is 0 Å². The lowest BCUT2D eigenvalue weighted by Crippen LogP contribution is -2.33. The van der Waals surface area contributed by atoms with E-state index in [-0.39, 0.29) is 28.3 Å². The molecule has 34 heavy (non-hydrogen) atoms. The molecular weight excluding hydrogens is 481 g/mol. The third kappa shape index (κ3) is 3.73. The fourth-order valence-electron chi connectivity index (χ4n) is 3.42. The molecule has 1 fully saturated rings. The Morgan fingerprint density at radius 3 is 2.65 bits per heavy atom. The molecule has 0 aliphatic carbocycles. The van der Waals surface area contributed by atoms with Crippen molar-refractivity contribution in [2.45, 2.75) is 24.5 Å². The average Bonchev–Trinajstić information content (AvgIpc) is 3.45. The predicted octanol–water partition coefficient (Wildman–Crippen LogP) is -3.00. The number of nitrogens with two attached hydrogens (primary N) is 1. The highest BCUT2D eigenvalue weighted by molar-refractivity contribution is 7.47. The van der Waals surface area contributed by atoms with Crippen molar-refractivity contribution in [3.63, 3.8) is 0 Å². The lowest BCUT2D eigenvalue weighted by Gasteiger charge is -2.17. The molecule has 5 atom stereocenters. The number of aliphatic hydroxyl groups is 2. The van der Waals surface area contributed by atoms with Crippen LogP contribution >= 0.6 is 7.82 Å². The molecule has 4 aromatic heterocycles. The Kier molecular flexibility index (Phi) is 5.19. The first-order valence-corrected chi connectivity index (χ1v) is 11.0. The number of nitrogens with one attached hydrogen (secondary N) is 2. The van der Waals surface area contributed by atoms with E-state index in [2.05, 4.69) is 29.9 Å². The molecular formula is C15H16N9O9P. The zero-order chi connectivity index (χ0) is 24.2. The molecule has 0 aromatic carbocycles. The van der Waals surface area contributed by atoms with E-state index in [1.807, 2.05) is 0 Å². The fourth-order valence-corrected chi connectivity index (χ4v) is 4.14. The summed E-state index contributed by atoms with van der Waals surface area (Å²) < 4.78 is 29.6. The molecule has 1 aliphatic heterocycles. The van der Waals surface area contributed by atoms with Gasteiger partial charge in [0, 0.05) is 0 Å². The van der Waals surface area contributed by atoms with E-state index in [1.54, 1.807) is 0 Å². The number of phosphoric acid groups is 1. The number of H-pyrrole nitrogens is 2. The second-order valence-corrected chi connectivity index (χ2v) is 8.50. The van der Waals surface area contributed by atoms with Gasteiger partial charge < -0.3 is 30.3 Å². The zero-order valence-corrected chi connectivity index (χ0v) is 17.6. The summed E-state index contributed by atoms with van der Waals surface area (Å²) in [5.41, 5.74) is 3.90. The number of imidazole rings is 2. The van der Waals surface area contributed by atoms with Crippen molar-refractivity contribution in [2.24, 2.45) is 0 Å². The first kappa shape index (κ1) is 22.1. The minimum Gasteiger partial charge on any atom is -0.387 e. The van der Waals surface area contributed by atoms with Crippen LogP contribution in [0.5, 0.6) is 0 Å². The molecule has 180 valence electrons. The maximum absolute atomic E-state index is 12.4. The fraction of sp³-hybridized carbons (Fsp3) is 0.333. The second kappa shape index (κ2) is 7.97. The van der Waals surface area contributed by atoms with Crippen LogP contribution in [0.15, 0.2) is 28.6 Å². The molecule has 19 heteroatoms. The summed E-state index contributed by atoms with van der Waals surface area (Å²) in [7, 11) is -4.86. The summed E-state index contributed by atoms with van der Waals surface area (Å²) in [4.78, 5) is 53.7. The average molecular weight is 497 g/mol. The third-order valence-electron chi connectivity index (χ3n) is 4.96. The monoisotopic (exact) mass is 497 g/mol. The first-order chi connectivity index (χ1) is 16.1. The minimum absolute atomic E-state index is 0.0126. The van der Waals surface area contributed by atoms with E-state index < -0.39 is 50.1 Å². The molecule has 0 amide bonds. The van der Waals surface area contributed by atoms with Crippen molar-refractivity contribution in [3.05, 3.63) is 39.7 Å². The number of hydrogen-bond donors (Lipinski definition) is 6. The smallest absolute Gasteiger partial charge is 0.387 e. The number of aromatic amines is 2. The van der Waals surface area contributed by atoms with Crippen LogP contribution in [0.1, 0.15) is 6.23 Å². The van der Waals surface area contributed by atoms with Gasteiger partial charge in [0.1, 0.15) is 24.6 Å². The van der Waals surface area contributed by atoms with Crippen LogP contribution < -0.4 is 21.5 Å². The van der Waals surface area contributed by atoms with Gasteiger partial charge in [0.25, 0.3) is 11.1 Å². The lowest BCUT2D eigenvalue weighted by atomic mass is 10.1. The Balaban J connectivity index is 1.31. The molecule has 0 radical (unpaired) electrons. The Hall–Kier alpha value is -3.67. The number of hydrogen-bond acceptors (Lipinski definition) is 13. The van der Waals surface area contributed by atoms with Crippen molar-refractivity contribution in [3.8, 4) is 0 Å². The van der Waals surface area contributed by atoms with Gasteiger partial charge in [0.05, 0.1) is 19.3 Å². The van der Waals surface area contributed by atoms with Gasteiger partial charge in [-0.15, -0.1) is 4.73 Å². The summed E-state index contributed by atoms with van der Waals surface area (Å²) in [6.07, 6.45) is -2.31. The highest BCUT2D eigenvalue weighted by Gasteiger charge is 2.45. The highest BCUT2D eigenvalue weighted by Crippen LogP contribution is 2.41. The number of aliphatic hydroxyl groups excluding tert-OH is 2. The van der Waals surface area contributed by atoms with Crippen molar-refractivity contribution >= 4 is 36.1 Å². The van der Waals surface area contributed by atoms with Crippen molar-refractivity contribution in [2.75, 3.05) is 12.3 Å². The molecule has 0 spiro atoms. The number of ether oxygens (including phenoxy) is 1. The second-order valence-electron chi connectivity index (χ2n) is 7.14. The van der Waals surface area contributed by atoms with Crippen LogP contribution in [-0.2, 0) is 13.8 Å². The van der Waals surface area contributed by atoms with Crippen LogP contribution in [-0.4, -0.2) is 79.2 Å². The van der Waals surface area contributed by atoms with E-state index in [1.165, 1.54) is 10.9 Å². The van der Waals surface area contributed by atoms with Gasteiger partial charge in [-0.3, -0.25) is 28.6 Å². The largest absolute Gasteiger partial charge is 0.546 e. The first-order valence-electron chi connectivity index (χ1n) is 9.47. The molecule has 4 aromatic rings. The van der Waals surface area contributed by atoms with Crippen LogP contribution in [0.3, 0.4) is 0 Å². The van der Waals surface area contributed by atoms with Gasteiger partial charge in [0.15, 0.2) is 22.9 Å². The Morgan fingerprint density at radius 1 is 1.12 bits per heavy atom.